The van der Waals surface area contributed by atoms with Crippen LogP contribution in [0, 0.1) is 46.3 Å². The molecular formula is C29H47IO2. The van der Waals surface area contributed by atoms with Crippen molar-refractivity contribution in [2.24, 2.45) is 46.3 Å². The minimum atomic E-state index is -0.0403. The van der Waals surface area contributed by atoms with Gasteiger partial charge in [-0.05, 0) is 91.3 Å². The minimum absolute atomic E-state index is 0.0403. The van der Waals surface area contributed by atoms with E-state index in [1.165, 1.54) is 57.8 Å². The summed E-state index contributed by atoms with van der Waals surface area (Å²) in [5.41, 5.74) is 2.53. The maximum absolute atomic E-state index is 11.8. The fourth-order valence-corrected chi connectivity index (χ4v) is 9.15. The molecular weight excluding hydrogens is 507 g/mol. The van der Waals surface area contributed by atoms with E-state index in [0.29, 0.717) is 15.3 Å². The van der Waals surface area contributed by atoms with Gasteiger partial charge in [-0.1, -0.05) is 88.1 Å². The van der Waals surface area contributed by atoms with Gasteiger partial charge < -0.3 is 4.74 Å². The van der Waals surface area contributed by atoms with E-state index in [9.17, 15) is 4.79 Å². The Morgan fingerprint density at radius 2 is 1.88 bits per heavy atom. The first-order valence-electron chi connectivity index (χ1n) is 13.6. The maximum atomic E-state index is 11.8. The van der Waals surface area contributed by atoms with Crippen molar-refractivity contribution in [2.75, 3.05) is 4.43 Å². The van der Waals surface area contributed by atoms with Crippen LogP contribution in [0.15, 0.2) is 11.6 Å². The predicted octanol–water partition coefficient (Wildman–Crippen LogP) is 8.37. The largest absolute Gasteiger partial charge is 0.461 e. The predicted molar refractivity (Wildman–Crippen MR) is 142 cm³/mol. The first-order chi connectivity index (χ1) is 15.2. The molecule has 3 fully saturated rings. The number of ether oxygens (including phenoxy) is 1. The molecule has 2 nitrogen and oxygen atoms in total. The number of hydrogen-bond acceptors (Lipinski definition) is 2. The topological polar surface area (TPSA) is 26.3 Å². The van der Waals surface area contributed by atoms with Crippen LogP contribution in [0.25, 0.3) is 0 Å². The molecule has 0 radical (unpaired) electrons. The molecule has 4 aliphatic rings. The average Bonchev–Trinajstić information content (AvgIpc) is 3.11. The van der Waals surface area contributed by atoms with Gasteiger partial charge in [0.2, 0.25) is 0 Å². The lowest BCUT2D eigenvalue weighted by molar-refractivity contribution is -0.147. The average molecular weight is 555 g/mol. The molecule has 0 aliphatic heterocycles. The summed E-state index contributed by atoms with van der Waals surface area (Å²) >= 11 is 2.12. The van der Waals surface area contributed by atoms with E-state index >= 15 is 0 Å². The number of carbonyl (C=O) groups excluding carboxylic acids is 1. The van der Waals surface area contributed by atoms with Crippen LogP contribution < -0.4 is 0 Å². The van der Waals surface area contributed by atoms with Crippen molar-refractivity contribution in [3.63, 3.8) is 0 Å². The quantitative estimate of drug-likeness (QED) is 0.137. The molecule has 0 aromatic heterocycles. The zero-order chi connectivity index (χ0) is 23.1. The molecule has 182 valence electrons. The van der Waals surface area contributed by atoms with Crippen molar-refractivity contribution in [1.82, 2.24) is 0 Å². The van der Waals surface area contributed by atoms with Crippen LogP contribution in [0.2, 0.25) is 0 Å². The lowest BCUT2D eigenvalue weighted by Gasteiger charge is -2.58. The van der Waals surface area contributed by atoms with Gasteiger partial charge >= 0.3 is 5.97 Å². The Kier molecular flexibility index (Phi) is 7.75. The normalized spacial score (nSPS) is 42.0. The van der Waals surface area contributed by atoms with Gasteiger partial charge in [-0.2, -0.15) is 0 Å². The van der Waals surface area contributed by atoms with Crippen molar-refractivity contribution >= 4 is 28.6 Å². The molecule has 0 N–H and O–H groups in total. The summed E-state index contributed by atoms with van der Waals surface area (Å²) in [5, 5.41) is 0. The number of rotatable bonds is 7. The lowest BCUT2D eigenvalue weighted by Crippen LogP contribution is -2.51. The van der Waals surface area contributed by atoms with Crippen LogP contribution in [0.4, 0.5) is 0 Å². The molecule has 32 heavy (non-hydrogen) atoms. The van der Waals surface area contributed by atoms with Gasteiger partial charge in [-0.25, -0.2) is 0 Å². The number of carbonyl (C=O) groups is 1. The van der Waals surface area contributed by atoms with E-state index in [2.05, 4.69) is 63.3 Å². The van der Waals surface area contributed by atoms with E-state index < -0.39 is 0 Å². The monoisotopic (exact) mass is 554 g/mol. The summed E-state index contributed by atoms with van der Waals surface area (Å²) in [5.74, 6) is 5.26. The van der Waals surface area contributed by atoms with Crippen molar-refractivity contribution < 1.29 is 9.53 Å². The second-order valence-corrected chi connectivity index (χ2v) is 13.5. The van der Waals surface area contributed by atoms with E-state index in [0.717, 1.165) is 48.3 Å². The van der Waals surface area contributed by atoms with Gasteiger partial charge in [0.15, 0.2) is 0 Å². The highest BCUT2D eigenvalue weighted by Gasteiger charge is 2.59. The molecule has 8 atom stereocenters. The second kappa shape index (κ2) is 9.90. The van der Waals surface area contributed by atoms with Crippen LogP contribution >= 0.6 is 22.6 Å². The third kappa shape index (κ3) is 4.59. The number of halogens is 1. The molecule has 4 aliphatic carbocycles. The third-order valence-electron chi connectivity index (χ3n) is 10.7. The fourth-order valence-electron chi connectivity index (χ4n) is 8.97. The zero-order valence-corrected chi connectivity index (χ0v) is 23.5. The highest BCUT2D eigenvalue weighted by molar-refractivity contribution is 14.1. The van der Waals surface area contributed by atoms with Gasteiger partial charge in [-0.15, -0.1) is 0 Å². The Bertz CT molecular complexity index is 714. The molecule has 3 saturated carbocycles. The van der Waals surface area contributed by atoms with Crippen molar-refractivity contribution in [3.05, 3.63) is 11.6 Å². The Morgan fingerprint density at radius 3 is 2.59 bits per heavy atom. The summed E-state index contributed by atoms with van der Waals surface area (Å²) in [6.45, 7) is 12.6. The second-order valence-electron chi connectivity index (χ2n) is 12.8. The Balaban J connectivity index is 1.45. The zero-order valence-electron chi connectivity index (χ0n) is 21.3. The molecule has 0 saturated heterocycles. The van der Waals surface area contributed by atoms with Crippen LogP contribution in [-0.2, 0) is 9.53 Å². The summed E-state index contributed by atoms with van der Waals surface area (Å²) in [4.78, 5) is 11.8. The van der Waals surface area contributed by atoms with Crippen LogP contribution in [0.3, 0.4) is 0 Å². The molecule has 0 amide bonds. The third-order valence-corrected chi connectivity index (χ3v) is 11.3. The molecule has 0 bridgehead atoms. The lowest BCUT2D eigenvalue weighted by atomic mass is 9.47. The summed E-state index contributed by atoms with van der Waals surface area (Å²) in [7, 11) is 0. The first kappa shape index (κ1) is 25.0. The summed E-state index contributed by atoms with van der Waals surface area (Å²) < 4.78 is 6.22. The Hall–Kier alpha value is -0.0600. The van der Waals surface area contributed by atoms with Gasteiger partial charge in [-0.3, -0.25) is 4.79 Å². The highest BCUT2D eigenvalue weighted by atomic mass is 127. The highest BCUT2D eigenvalue weighted by Crippen LogP contribution is 2.67. The van der Waals surface area contributed by atoms with Crippen molar-refractivity contribution in [3.8, 4) is 0 Å². The van der Waals surface area contributed by atoms with Gasteiger partial charge in [0.1, 0.15) is 6.10 Å². The summed E-state index contributed by atoms with van der Waals surface area (Å²) in [6, 6.07) is 0. The molecule has 0 unspecified atom stereocenters. The van der Waals surface area contributed by atoms with Gasteiger partial charge in [0.05, 0.1) is 4.43 Å². The van der Waals surface area contributed by atoms with E-state index in [1.807, 2.05) is 0 Å². The molecule has 4 rings (SSSR count). The maximum Gasteiger partial charge on any atom is 0.316 e. The van der Waals surface area contributed by atoms with Crippen LogP contribution in [0.1, 0.15) is 105 Å². The van der Waals surface area contributed by atoms with Crippen molar-refractivity contribution in [1.29, 1.82) is 0 Å². The standard InChI is InChI=1S/C29H47IO2/c1-19(2)7-6-8-20(3)24-11-12-25-23-10-9-21-17-22(32-27(31)18-30)13-15-28(21,4)26(23)14-16-29(24,25)5/h9,19-20,22-26H,6-8,10-18H2,1-5H3/t20-,22-,23+,24-,25+,26+,28-,29+/m0/s1. The van der Waals surface area contributed by atoms with Gasteiger partial charge in [0.25, 0.3) is 0 Å². The first-order valence-corrected chi connectivity index (χ1v) is 15.2. The number of hydrogen-bond donors (Lipinski definition) is 0. The SMILES string of the molecule is CC(C)CCC[C@H](C)[C@@H]1CC[C@@H]2[C@H]3CC=C4C[C@@H](OC(=O)CI)CC[C@]4(C)[C@@H]3CC[C@@]21C. The molecule has 0 heterocycles. The number of allylic oxidation sites excluding steroid dienone is 1. The Labute approximate surface area is 211 Å². The number of fused-ring (bicyclic) bond motifs is 5. The summed E-state index contributed by atoms with van der Waals surface area (Å²) in [6.07, 6.45) is 17.3. The van der Waals surface area contributed by atoms with E-state index in [1.54, 1.807) is 5.57 Å². The van der Waals surface area contributed by atoms with Crippen LogP contribution in [0.5, 0.6) is 0 Å². The van der Waals surface area contributed by atoms with Gasteiger partial charge in [0, 0.05) is 6.42 Å². The number of esters is 1. The van der Waals surface area contributed by atoms with Crippen LogP contribution in [-0.4, -0.2) is 16.5 Å². The van der Waals surface area contributed by atoms with Crippen molar-refractivity contribution in [2.45, 2.75) is 111 Å². The fraction of sp³-hybridized carbons (Fsp3) is 0.897. The Morgan fingerprint density at radius 1 is 1.09 bits per heavy atom. The molecule has 0 spiro atoms. The van der Waals surface area contributed by atoms with E-state index in [4.69, 9.17) is 4.74 Å². The van der Waals surface area contributed by atoms with E-state index in [-0.39, 0.29) is 12.1 Å². The molecule has 0 aromatic carbocycles. The number of alkyl halides is 1. The minimum Gasteiger partial charge on any atom is -0.461 e. The molecule has 0 aromatic rings. The smallest absolute Gasteiger partial charge is 0.316 e. The molecule has 3 heteroatoms.